The summed E-state index contributed by atoms with van der Waals surface area (Å²) in [4.78, 5) is 0.436. The molecule has 19 heavy (non-hydrogen) atoms. The van der Waals surface area contributed by atoms with Gasteiger partial charge >= 0.3 is 0 Å². The van der Waals surface area contributed by atoms with Crippen LogP contribution in [0, 0.1) is 20.8 Å². The summed E-state index contributed by atoms with van der Waals surface area (Å²) in [6, 6.07) is 3.86. The lowest BCUT2D eigenvalue weighted by Crippen LogP contribution is -2.42. The summed E-state index contributed by atoms with van der Waals surface area (Å²) >= 11 is 0. The number of aryl methyl sites for hydroxylation is 3. The van der Waals surface area contributed by atoms with Crippen LogP contribution in [0.2, 0.25) is 0 Å². The molecule has 106 valence electrons. The van der Waals surface area contributed by atoms with Gasteiger partial charge in [-0.2, -0.15) is 4.31 Å². The van der Waals surface area contributed by atoms with E-state index in [-0.39, 0.29) is 6.04 Å². The average Bonchev–Trinajstić information content (AvgIpc) is 2.34. The summed E-state index contributed by atoms with van der Waals surface area (Å²) in [7, 11) is -3.38. The van der Waals surface area contributed by atoms with Crippen molar-refractivity contribution in [2.24, 2.45) is 5.73 Å². The summed E-state index contributed by atoms with van der Waals surface area (Å²) in [5.41, 5.74) is 8.78. The zero-order valence-electron chi connectivity index (χ0n) is 11.8. The Morgan fingerprint density at radius 2 is 1.58 bits per heavy atom. The van der Waals surface area contributed by atoms with Gasteiger partial charge in [-0.3, -0.25) is 0 Å². The predicted octanol–water partition coefficient (Wildman–Crippen LogP) is 1.72. The highest BCUT2D eigenvalue weighted by Gasteiger charge is 2.29. The van der Waals surface area contributed by atoms with Crippen LogP contribution in [0.15, 0.2) is 17.0 Å². The Bertz CT molecular complexity index is 573. The molecule has 1 aromatic carbocycles. The molecule has 0 saturated carbocycles. The Hall–Kier alpha value is -0.910. The number of nitrogens with zero attached hydrogens (tertiary/aromatic N) is 1. The van der Waals surface area contributed by atoms with Gasteiger partial charge in [-0.15, -0.1) is 0 Å². The first-order chi connectivity index (χ1) is 8.82. The van der Waals surface area contributed by atoms with Crippen LogP contribution >= 0.6 is 0 Å². The normalized spacial score (nSPS) is 18.7. The van der Waals surface area contributed by atoms with Gasteiger partial charge in [0.05, 0.1) is 4.90 Å². The Kier molecular flexibility index (Phi) is 3.99. The second-order valence-corrected chi connectivity index (χ2v) is 7.35. The second kappa shape index (κ2) is 5.23. The number of rotatable bonds is 2. The van der Waals surface area contributed by atoms with Crippen LogP contribution in [0.4, 0.5) is 0 Å². The van der Waals surface area contributed by atoms with E-state index in [1.54, 1.807) is 10.4 Å². The van der Waals surface area contributed by atoms with Crippen molar-refractivity contribution < 1.29 is 8.42 Å². The van der Waals surface area contributed by atoms with Gasteiger partial charge in [0.15, 0.2) is 0 Å². The summed E-state index contributed by atoms with van der Waals surface area (Å²) in [6.45, 7) is 6.85. The Morgan fingerprint density at radius 3 is 2.16 bits per heavy atom. The van der Waals surface area contributed by atoms with Crippen LogP contribution in [0.5, 0.6) is 0 Å². The molecule has 0 aromatic heterocycles. The number of hydrogen-bond donors (Lipinski definition) is 1. The Morgan fingerprint density at radius 1 is 1.05 bits per heavy atom. The molecule has 2 N–H and O–H groups in total. The van der Waals surface area contributed by atoms with E-state index in [1.165, 1.54) is 0 Å². The van der Waals surface area contributed by atoms with Gasteiger partial charge < -0.3 is 5.73 Å². The second-order valence-electron chi connectivity index (χ2n) is 5.44. The lowest BCUT2D eigenvalue weighted by molar-refractivity contribution is 0.320. The molecule has 2 rings (SSSR count). The van der Waals surface area contributed by atoms with Crippen LogP contribution < -0.4 is 5.73 Å². The van der Waals surface area contributed by atoms with Gasteiger partial charge in [-0.25, -0.2) is 8.42 Å². The highest BCUT2D eigenvalue weighted by molar-refractivity contribution is 7.89. The van der Waals surface area contributed by atoms with E-state index in [0.29, 0.717) is 18.0 Å². The molecule has 1 saturated heterocycles. The molecule has 1 aromatic rings. The standard InChI is InChI=1S/C14H22N2O2S/c1-10-8-12(3)14(9-11(10)2)19(17,18)16-6-4-13(15)5-7-16/h8-9,13H,4-7,15H2,1-3H3. The van der Waals surface area contributed by atoms with Crippen molar-refractivity contribution in [3.63, 3.8) is 0 Å². The number of sulfonamides is 1. The third kappa shape index (κ3) is 2.83. The molecule has 1 heterocycles. The minimum atomic E-state index is -3.38. The van der Waals surface area contributed by atoms with Crippen LogP contribution in [0.3, 0.4) is 0 Å². The molecule has 1 aliphatic heterocycles. The Labute approximate surface area is 115 Å². The van der Waals surface area contributed by atoms with Crippen molar-refractivity contribution in [1.82, 2.24) is 4.31 Å². The van der Waals surface area contributed by atoms with Crippen molar-refractivity contribution in [1.29, 1.82) is 0 Å². The molecule has 4 nitrogen and oxygen atoms in total. The van der Waals surface area contributed by atoms with Crippen molar-refractivity contribution in [2.75, 3.05) is 13.1 Å². The van der Waals surface area contributed by atoms with Crippen LogP contribution in [0.1, 0.15) is 29.5 Å². The number of piperidine rings is 1. The first kappa shape index (κ1) is 14.5. The van der Waals surface area contributed by atoms with Crippen LogP contribution in [-0.4, -0.2) is 31.9 Å². The van der Waals surface area contributed by atoms with Crippen molar-refractivity contribution >= 4 is 10.0 Å². The van der Waals surface area contributed by atoms with Crippen LogP contribution in [-0.2, 0) is 10.0 Å². The minimum Gasteiger partial charge on any atom is -0.328 e. The molecule has 0 amide bonds. The van der Waals surface area contributed by atoms with E-state index in [1.807, 2.05) is 26.8 Å². The maximum atomic E-state index is 12.7. The summed E-state index contributed by atoms with van der Waals surface area (Å²) < 4.78 is 26.9. The summed E-state index contributed by atoms with van der Waals surface area (Å²) in [5, 5.41) is 0. The molecular formula is C14H22N2O2S. The fourth-order valence-electron chi connectivity index (χ4n) is 2.47. The molecule has 0 bridgehead atoms. The Balaban J connectivity index is 2.37. The van der Waals surface area contributed by atoms with Crippen molar-refractivity contribution in [3.8, 4) is 0 Å². The van der Waals surface area contributed by atoms with Crippen molar-refractivity contribution in [2.45, 2.75) is 44.6 Å². The van der Waals surface area contributed by atoms with Gasteiger partial charge in [-0.05, 0) is 56.4 Å². The van der Waals surface area contributed by atoms with Crippen LogP contribution in [0.25, 0.3) is 0 Å². The van der Waals surface area contributed by atoms with E-state index in [0.717, 1.165) is 29.5 Å². The van der Waals surface area contributed by atoms with Gasteiger partial charge in [0.1, 0.15) is 0 Å². The lowest BCUT2D eigenvalue weighted by Gasteiger charge is -2.30. The minimum absolute atomic E-state index is 0.132. The monoisotopic (exact) mass is 282 g/mol. The molecule has 0 radical (unpaired) electrons. The van der Waals surface area contributed by atoms with Gasteiger partial charge in [0, 0.05) is 19.1 Å². The number of benzene rings is 1. The molecule has 5 heteroatoms. The average molecular weight is 282 g/mol. The quantitative estimate of drug-likeness (QED) is 0.898. The third-order valence-electron chi connectivity index (χ3n) is 3.91. The summed E-state index contributed by atoms with van der Waals surface area (Å²) in [5.74, 6) is 0. The molecule has 1 aliphatic rings. The molecule has 1 fully saturated rings. The smallest absolute Gasteiger partial charge is 0.243 e. The van der Waals surface area contributed by atoms with E-state index in [2.05, 4.69) is 0 Å². The van der Waals surface area contributed by atoms with E-state index >= 15 is 0 Å². The highest BCUT2D eigenvalue weighted by atomic mass is 32.2. The first-order valence-electron chi connectivity index (χ1n) is 6.66. The molecule has 0 aliphatic carbocycles. The fourth-order valence-corrected chi connectivity index (χ4v) is 4.23. The fraction of sp³-hybridized carbons (Fsp3) is 0.571. The molecule has 0 atom stereocenters. The lowest BCUT2D eigenvalue weighted by atomic mass is 10.1. The van der Waals surface area contributed by atoms with E-state index < -0.39 is 10.0 Å². The first-order valence-corrected chi connectivity index (χ1v) is 8.10. The molecule has 0 unspecified atom stereocenters. The van der Waals surface area contributed by atoms with Crippen molar-refractivity contribution in [3.05, 3.63) is 28.8 Å². The highest BCUT2D eigenvalue weighted by Crippen LogP contribution is 2.25. The van der Waals surface area contributed by atoms with Gasteiger partial charge in [0.2, 0.25) is 10.0 Å². The maximum absolute atomic E-state index is 12.7. The van der Waals surface area contributed by atoms with E-state index in [9.17, 15) is 8.42 Å². The van der Waals surface area contributed by atoms with Gasteiger partial charge in [0.25, 0.3) is 0 Å². The third-order valence-corrected chi connectivity index (χ3v) is 5.95. The number of hydrogen-bond acceptors (Lipinski definition) is 3. The zero-order valence-corrected chi connectivity index (χ0v) is 12.6. The predicted molar refractivity (Wildman–Crippen MR) is 76.6 cm³/mol. The molecular weight excluding hydrogens is 260 g/mol. The largest absolute Gasteiger partial charge is 0.328 e. The maximum Gasteiger partial charge on any atom is 0.243 e. The SMILES string of the molecule is Cc1cc(C)c(S(=O)(=O)N2CCC(N)CC2)cc1C. The zero-order chi connectivity index (χ0) is 14.2. The summed E-state index contributed by atoms with van der Waals surface area (Å²) in [6.07, 6.45) is 1.48. The van der Waals surface area contributed by atoms with Gasteiger partial charge in [-0.1, -0.05) is 6.07 Å². The molecule has 0 spiro atoms. The van der Waals surface area contributed by atoms with E-state index in [4.69, 9.17) is 5.73 Å². The number of nitrogens with two attached hydrogens (primary N) is 1. The topological polar surface area (TPSA) is 63.4 Å².